The topological polar surface area (TPSA) is 90.7 Å². The standard InChI is InChI=1S/C17H24N2O5/c1-11-12(2)14(7-6-13(11)19(21)22)23-10-17(8-9-17)18-15(20)24-16(3,4)5/h6-7H,8-10H2,1-5H3,(H,18,20). The summed E-state index contributed by atoms with van der Waals surface area (Å²) in [4.78, 5) is 22.4. The van der Waals surface area contributed by atoms with E-state index in [1.54, 1.807) is 19.9 Å². The van der Waals surface area contributed by atoms with Crippen LogP contribution in [0, 0.1) is 24.0 Å². The normalized spacial score (nSPS) is 15.5. The number of hydrogen-bond donors (Lipinski definition) is 1. The van der Waals surface area contributed by atoms with Gasteiger partial charge in [0.25, 0.3) is 5.69 Å². The number of carbonyl (C=O) groups excluding carboxylic acids is 1. The van der Waals surface area contributed by atoms with Crippen LogP contribution in [0.2, 0.25) is 0 Å². The lowest BCUT2D eigenvalue weighted by molar-refractivity contribution is -0.385. The average molecular weight is 336 g/mol. The summed E-state index contributed by atoms with van der Waals surface area (Å²) in [5, 5.41) is 13.8. The molecule has 0 spiro atoms. The fraction of sp³-hybridized carbons (Fsp3) is 0.588. The zero-order valence-corrected chi connectivity index (χ0v) is 14.8. The maximum absolute atomic E-state index is 11.9. The van der Waals surface area contributed by atoms with E-state index in [1.807, 2.05) is 20.8 Å². The number of nitrogens with zero attached hydrogens (tertiary/aromatic N) is 1. The molecule has 0 heterocycles. The number of nitro benzene ring substituents is 1. The van der Waals surface area contributed by atoms with Gasteiger partial charge in [0.1, 0.15) is 18.0 Å². The highest BCUT2D eigenvalue weighted by Gasteiger charge is 2.46. The van der Waals surface area contributed by atoms with Crippen LogP contribution in [0.25, 0.3) is 0 Å². The molecule has 0 saturated heterocycles. The summed E-state index contributed by atoms with van der Waals surface area (Å²) in [6.07, 6.45) is 1.18. The van der Waals surface area contributed by atoms with Gasteiger partial charge in [-0.1, -0.05) is 0 Å². The van der Waals surface area contributed by atoms with Gasteiger partial charge in [0.2, 0.25) is 0 Å². The van der Waals surface area contributed by atoms with E-state index >= 15 is 0 Å². The summed E-state index contributed by atoms with van der Waals surface area (Å²) in [5.41, 5.74) is 0.435. The maximum atomic E-state index is 11.9. The van der Waals surface area contributed by atoms with Crippen LogP contribution in [0.5, 0.6) is 5.75 Å². The van der Waals surface area contributed by atoms with Gasteiger partial charge in [-0.05, 0) is 53.5 Å². The summed E-state index contributed by atoms with van der Waals surface area (Å²) in [6, 6.07) is 3.04. The molecule has 0 radical (unpaired) electrons. The molecule has 132 valence electrons. The van der Waals surface area contributed by atoms with E-state index in [0.29, 0.717) is 17.9 Å². The van der Waals surface area contributed by atoms with Gasteiger partial charge in [-0.25, -0.2) is 4.79 Å². The molecular weight excluding hydrogens is 312 g/mol. The Morgan fingerprint density at radius 2 is 1.92 bits per heavy atom. The Balaban J connectivity index is 2.00. The maximum Gasteiger partial charge on any atom is 0.408 e. The molecule has 1 aliphatic rings. The summed E-state index contributed by atoms with van der Waals surface area (Å²) in [7, 11) is 0. The number of amides is 1. The molecule has 7 heteroatoms. The Labute approximate surface area is 141 Å². The second-order valence-electron chi connectivity index (χ2n) is 7.29. The van der Waals surface area contributed by atoms with Crippen LogP contribution >= 0.6 is 0 Å². The van der Waals surface area contributed by atoms with Crippen molar-refractivity contribution >= 4 is 11.8 Å². The highest BCUT2D eigenvalue weighted by atomic mass is 16.6. The molecule has 2 rings (SSSR count). The number of carbonyl (C=O) groups is 1. The monoisotopic (exact) mass is 336 g/mol. The fourth-order valence-corrected chi connectivity index (χ4v) is 2.33. The Morgan fingerprint density at radius 3 is 2.42 bits per heavy atom. The van der Waals surface area contributed by atoms with E-state index in [0.717, 1.165) is 18.4 Å². The van der Waals surface area contributed by atoms with Crippen molar-refractivity contribution in [1.29, 1.82) is 0 Å². The van der Waals surface area contributed by atoms with E-state index in [4.69, 9.17) is 9.47 Å². The number of ether oxygens (including phenoxy) is 2. The zero-order valence-electron chi connectivity index (χ0n) is 14.8. The zero-order chi connectivity index (χ0) is 18.1. The highest BCUT2D eigenvalue weighted by molar-refractivity contribution is 5.69. The molecule has 1 aliphatic carbocycles. The van der Waals surface area contributed by atoms with Crippen LogP contribution in [-0.2, 0) is 4.74 Å². The molecule has 7 nitrogen and oxygen atoms in total. The van der Waals surface area contributed by atoms with Gasteiger partial charge >= 0.3 is 6.09 Å². The van der Waals surface area contributed by atoms with Gasteiger partial charge in [0.05, 0.1) is 10.5 Å². The van der Waals surface area contributed by atoms with E-state index < -0.39 is 22.2 Å². The second-order valence-corrected chi connectivity index (χ2v) is 7.29. The van der Waals surface area contributed by atoms with Crippen molar-refractivity contribution < 1.29 is 19.2 Å². The average Bonchev–Trinajstić information content (AvgIpc) is 3.17. The van der Waals surface area contributed by atoms with Crippen LogP contribution in [0.15, 0.2) is 12.1 Å². The number of benzene rings is 1. The van der Waals surface area contributed by atoms with Crippen molar-refractivity contribution in [3.63, 3.8) is 0 Å². The van der Waals surface area contributed by atoms with Crippen molar-refractivity contribution in [1.82, 2.24) is 5.32 Å². The van der Waals surface area contributed by atoms with Gasteiger partial charge in [0.15, 0.2) is 0 Å². The summed E-state index contributed by atoms with van der Waals surface area (Å²) >= 11 is 0. The summed E-state index contributed by atoms with van der Waals surface area (Å²) in [6.45, 7) is 9.23. The van der Waals surface area contributed by atoms with Crippen molar-refractivity contribution in [2.24, 2.45) is 0 Å². The van der Waals surface area contributed by atoms with Crippen LogP contribution in [0.4, 0.5) is 10.5 Å². The summed E-state index contributed by atoms with van der Waals surface area (Å²) < 4.78 is 11.1. The number of nitro groups is 1. The van der Waals surface area contributed by atoms with Crippen LogP contribution in [0.1, 0.15) is 44.7 Å². The van der Waals surface area contributed by atoms with Gasteiger partial charge < -0.3 is 14.8 Å². The van der Waals surface area contributed by atoms with Crippen molar-refractivity contribution in [2.45, 2.75) is 58.6 Å². The predicted octanol–water partition coefficient (Wildman–Crippen LogP) is 3.65. The predicted molar refractivity (Wildman–Crippen MR) is 89.4 cm³/mol. The molecule has 0 aromatic heterocycles. The Hall–Kier alpha value is -2.31. The number of alkyl carbamates (subject to hydrolysis) is 1. The first kappa shape index (κ1) is 18.0. The van der Waals surface area contributed by atoms with Crippen LogP contribution < -0.4 is 10.1 Å². The molecule has 24 heavy (non-hydrogen) atoms. The minimum absolute atomic E-state index is 0.0767. The van der Waals surface area contributed by atoms with Crippen LogP contribution in [0.3, 0.4) is 0 Å². The Kier molecular flexibility index (Phi) is 4.73. The van der Waals surface area contributed by atoms with E-state index in [2.05, 4.69) is 5.32 Å². The first-order valence-corrected chi connectivity index (χ1v) is 7.92. The second kappa shape index (κ2) is 6.30. The molecule has 1 saturated carbocycles. The third kappa shape index (κ3) is 4.37. The lowest BCUT2D eigenvalue weighted by Gasteiger charge is -2.24. The largest absolute Gasteiger partial charge is 0.491 e. The molecule has 0 bridgehead atoms. The van der Waals surface area contributed by atoms with Gasteiger partial charge in [-0.3, -0.25) is 10.1 Å². The first-order chi connectivity index (χ1) is 11.0. The SMILES string of the molecule is Cc1c(OCC2(NC(=O)OC(C)(C)C)CC2)ccc([N+](=O)[O-])c1C. The van der Waals surface area contributed by atoms with Crippen molar-refractivity contribution in [2.75, 3.05) is 6.61 Å². The number of hydrogen-bond acceptors (Lipinski definition) is 5. The molecule has 1 aromatic carbocycles. The smallest absolute Gasteiger partial charge is 0.408 e. The van der Waals surface area contributed by atoms with Crippen molar-refractivity contribution in [3.05, 3.63) is 33.4 Å². The molecular formula is C17H24N2O5. The van der Waals surface area contributed by atoms with Crippen LogP contribution in [-0.4, -0.2) is 28.8 Å². The minimum atomic E-state index is -0.549. The molecule has 1 aromatic rings. The molecule has 1 amide bonds. The van der Waals surface area contributed by atoms with Gasteiger partial charge in [0, 0.05) is 17.2 Å². The van der Waals surface area contributed by atoms with E-state index in [9.17, 15) is 14.9 Å². The Bertz CT molecular complexity index is 660. The van der Waals surface area contributed by atoms with E-state index in [1.165, 1.54) is 6.07 Å². The summed E-state index contributed by atoms with van der Waals surface area (Å²) in [5.74, 6) is 0.593. The van der Waals surface area contributed by atoms with Gasteiger partial charge in [-0.15, -0.1) is 0 Å². The number of nitrogens with one attached hydrogen (secondary N) is 1. The molecule has 0 atom stereocenters. The number of rotatable bonds is 5. The molecule has 1 fully saturated rings. The van der Waals surface area contributed by atoms with Gasteiger partial charge in [-0.2, -0.15) is 0 Å². The fourth-order valence-electron chi connectivity index (χ4n) is 2.33. The van der Waals surface area contributed by atoms with Crippen molar-refractivity contribution in [3.8, 4) is 5.75 Å². The molecule has 0 unspecified atom stereocenters. The van der Waals surface area contributed by atoms with E-state index in [-0.39, 0.29) is 5.69 Å². The minimum Gasteiger partial charge on any atom is -0.491 e. The highest BCUT2D eigenvalue weighted by Crippen LogP contribution is 2.37. The third-order valence-corrected chi connectivity index (χ3v) is 4.03. The third-order valence-electron chi connectivity index (χ3n) is 4.03. The lowest BCUT2D eigenvalue weighted by atomic mass is 10.1. The first-order valence-electron chi connectivity index (χ1n) is 7.92. The lowest BCUT2D eigenvalue weighted by Crippen LogP contribution is -2.44. The molecule has 1 N–H and O–H groups in total. The Morgan fingerprint density at radius 1 is 1.29 bits per heavy atom. The molecule has 0 aliphatic heterocycles. The quantitative estimate of drug-likeness (QED) is 0.654.